The zero-order valence-electron chi connectivity index (χ0n) is 14.0. The first-order valence-electron chi connectivity index (χ1n) is 7.75. The van der Waals surface area contributed by atoms with E-state index in [0.717, 1.165) is 12.1 Å². The molecule has 0 saturated carbocycles. The van der Waals surface area contributed by atoms with Crippen molar-refractivity contribution in [2.75, 3.05) is 6.54 Å². The zero-order valence-corrected chi connectivity index (χ0v) is 14.0. The summed E-state index contributed by atoms with van der Waals surface area (Å²) in [6, 6.07) is 7.78. The lowest BCUT2D eigenvalue weighted by Crippen LogP contribution is -2.35. The first-order valence-corrected chi connectivity index (χ1v) is 7.75. The summed E-state index contributed by atoms with van der Waals surface area (Å²) in [7, 11) is 0. The number of nitrogens with one attached hydrogen (secondary N) is 2. The number of para-hydroxylation sites is 1. The average molecular weight is 379 g/mol. The molecule has 0 unspecified atom stereocenters. The van der Waals surface area contributed by atoms with Crippen molar-refractivity contribution in [3.05, 3.63) is 66.4 Å². The molecule has 2 rings (SSSR count). The predicted octanol–water partition coefficient (Wildman–Crippen LogP) is 2.81. The molecular formula is C18H16F3N3O3. The van der Waals surface area contributed by atoms with Crippen molar-refractivity contribution in [2.24, 2.45) is 0 Å². The van der Waals surface area contributed by atoms with E-state index in [0.29, 0.717) is 5.56 Å². The van der Waals surface area contributed by atoms with Crippen LogP contribution in [0.3, 0.4) is 0 Å². The molecule has 6 nitrogen and oxygen atoms in total. The maximum absolute atomic E-state index is 13.0. The molecule has 2 aromatic rings. The van der Waals surface area contributed by atoms with Crippen LogP contribution in [0.5, 0.6) is 11.6 Å². The van der Waals surface area contributed by atoms with Crippen LogP contribution in [-0.4, -0.2) is 23.3 Å². The van der Waals surface area contributed by atoms with Crippen LogP contribution in [0.1, 0.15) is 11.1 Å². The number of nitrogens with zero attached hydrogens (tertiary/aromatic N) is 1. The minimum absolute atomic E-state index is 0.0431. The highest BCUT2D eigenvalue weighted by Gasteiger charge is 2.34. The second kappa shape index (κ2) is 8.84. The number of pyridine rings is 1. The van der Waals surface area contributed by atoms with Gasteiger partial charge < -0.3 is 15.4 Å². The van der Waals surface area contributed by atoms with E-state index in [2.05, 4.69) is 22.2 Å². The van der Waals surface area contributed by atoms with Crippen LogP contribution in [-0.2, 0) is 22.3 Å². The van der Waals surface area contributed by atoms with Crippen molar-refractivity contribution < 1.29 is 27.5 Å². The Bertz CT molecular complexity index is 838. The van der Waals surface area contributed by atoms with E-state index in [-0.39, 0.29) is 24.7 Å². The Morgan fingerprint density at radius 2 is 1.93 bits per heavy atom. The number of aromatic nitrogens is 1. The van der Waals surface area contributed by atoms with Crippen LogP contribution in [0.25, 0.3) is 0 Å². The smallest absolute Gasteiger partial charge is 0.419 e. The van der Waals surface area contributed by atoms with Crippen LogP contribution >= 0.6 is 0 Å². The van der Waals surface area contributed by atoms with Gasteiger partial charge in [0.2, 0.25) is 17.7 Å². The van der Waals surface area contributed by atoms with Crippen LogP contribution in [0, 0.1) is 0 Å². The standard InChI is InChI=1S/C18H16F3N3O3/c1-2-15(25)24-11-16(26)23-10-12-7-8-22-17(9-12)27-14-6-4-3-5-13(14)18(19,20)21/h2-9H,1,10-11H2,(H,23,26)(H,24,25). The van der Waals surface area contributed by atoms with E-state index in [1.165, 1.54) is 30.5 Å². The number of halogens is 3. The number of benzene rings is 1. The van der Waals surface area contributed by atoms with Crippen LogP contribution in [0.2, 0.25) is 0 Å². The molecule has 0 bridgehead atoms. The molecule has 0 aliphatic rings. The summed E-state index contributed by atoms with van der Waals surface area (Å²) in [5.41, 5.74) is -0.351. The van der Waals surface area contributed by atoms with Gasteiger partial charge in [0.1, 0.15) is 5.75 Å². The van der Waals surface area contributed by atoms with Gasteiger partial charge in [0.05, 0.1) is 12.1 Å². The molecule has 0 spiro atoms. The molecule has 0 saturated heterocycles. The highest BCUT2D eigenvalue weighted by molar-refractivity contribution is 5.90. The number of carbonyl (C=O) groups is 2. The molecule has 1 aromatic carbocycles. The molecule has 9 heteroatoms. The van der Waals surface area contributed by atoms with Crippen molar-refractivity contribution in [1.82, 2.24) is 15.6 Å². The molecule has 0 fully saturated rings. The van der Waals surface area contributed by atoms with Gasteiger partial charge in [0, 0.05) is 18.8 Å². The normalized spacial score (nSPS) is 10.8. The number of ether oxygens (including phenoxy) is 1. The van der Waals surface area contributed by atoms with Gasteiger partial charge in [-0.15, -0.1) is 0 Å². The van der Waals surface area contributed by atoms with Crippen LogP contribution in [0.15, 0.2) is 55.3 Å². The summed E-state index contributed by atoms with van der Waals surface area (Å²) in [6.07, 6.45) is -2.16. The summed E-state index contributed by atoms with van der Waals surface area (Å²) in [5, 5.41) is 4.87. The molecule has 2 N–H and O–H groups in total. The fraction of sp³-hybridized carbons (Fsp3) is 0.167. The summed E-state index contributed by atoms with van der Waals surface area (Å²) < 4.78 is 44.3. The van der Waals surface area contributed by atoms with Gasteiger partial charge in [-0.2, -0.15) is 13.2 Å². The zero-order chi connectivity index (χ0) is 19.9. The maximum Gasteiger partial charge on any atom is 0.419 e. The fourth-order valence-electron chi connectivity index (χ4n) is 2.02. The molecule has 0 atom stereocenters. The van der Waals surface area contributed by atoms with Crippen molar-refractivity contribution in [2.45, 2.75) is 12.7 Å². The SMILES string of the molecule is C=CC(=O)NCC(=O)NCc1ccnc(Oc2ccccc2C(F)(F)F)c1. The number of carbonyl (C=O) groups excluding carboxylic acids is 2. The van der Waals surface area contributed by atoms with Gasteiger partial charge in [0.25, 0.3) is 0 Å². The third-order valence-corrected chi connectivity index (χ3v) is 3.30. The van der Waals surface area contributed by atoms with Crippen molar-refractivity contribution in [3.8, 4) is 11.6 Å². The average Bonchev–Trinajstić information content (AvgIpc) is 2.64. The summed E-state index contributed by atoms with van der Waals surface area (Å²) in [5.74, 6) is -1.33. The monoisotopic (exact) mass is 379 g/mol. The van der Waals surface area contributed by atoms with E-state index >= 15 is 0 Å². The quantitative estimate of drug-likeness (QED) is 0.725. The first-order chi connectivity index (χ1) is 12.8. The molecule has 142 valence electrons. The molecule has 1 aromatic heterocycles. The molecule has 0 aliphatic heterocycles. The molecule has 0 radical (unpaired) electrons. The van der Waals surface area contributed by atoms with Gasteiger partial charge in [-0.3, -0.25) is 9.59 Å². The largest absolute Gasteiger partial charge is 0.438 e. The molecule has 1 heterocycles. The third kappa shape index (κ3) is 6.14. The molecule has 0 aliphatic carbocycles. The highest BCUT2D eigenvalue weighted by Crippen LogP contribution is 2.37. The van der Waals surface area contributed by atoms with Gasteiger partial charge in [0.15, 0.2) is 0 Å². The van der Waals surface area contributed by atoms with Crippen molar-refractivity contribution >= 4 is 11.8 Å². The number of rotatable bonds is 7. The second-order valence-electron chi connectivity index (χ2n) is 5.30. The fourth-order valence-corrected chi connectivity index (χ4v) is 2.02. The topological polar surface area (TPSA) is 80.3 Å². The van der Waals surface area contributed by atoms with Crippen molar-refractivity contribution in [1.29, 1.82) is 0 Å². The minimum atomic E-state index is -4.56. The Kier molecular flexibility index (Phi) is 6.53. The number of hydrogen-bond acceptors (Lipinski definition) is 4. The second-order valence-corrected chi connectivity index (χ2v) is 5.30. The number of alkyl halides is 3. The minimum Gasteiger partial charge on any atom is -0.438 e. The van der Waals surface area contributed by atoms with E-state index in [9.17, 15) is 22.8 Å². The Labute approximate surface area is 153 Å². The Morgan fingerprint density at radius 1 is 1.19 bits per heavy atom. The van der Waals surface area contributed by atoms with E-state index in [1.807, 2.05) is 0 Å². The van der Waals surface area contributed by atoms with Crippen molar-refractivity contribution in [3.63, 3.8) is 0 Å². The molecular weight excluding hydrogens is 363 g/mol. The van der Waals surface area contributed by atoms with Crippen LogP contribution < -0.4 is 15.4 Å². The van der Waals surface area contributed by atoms with Gasteiger partial charge >= 0.3 is 6.18 Å². The highest BCUT2D eigenvalue weighted by atomic mass is 19.4. The lowest BCUT2D eigenvalue weighted by atomic mass is 10.2. The number of hydrogen-bond donors (Lipinski definition) is 2. The maximum atomic E-state index is 13.0. The van der Waals surface area contributed by atoms with Crippen LogP contribution in [0.4, 0.5) is 13.2 Å². The Hall–Kier alpha value is -3.36. The Balaban J connectivity index is 2.01. The summed E-state index contributed by atoms with van der Waals surface area (Å²) >= 11 is 0. The summed E-state index contributed by atoms with van der Waals surface area (Å²) in [4.78, 5) is 26.5. The van der Waals surface area contributed by atoms with Gasteiger partial charge in [-0.1, -0.05) is 18.7 Å². The summed E-state index contributed by atoms with van der Waals surface area (Å²) in [6.45, 7) is 3.12. The number of amides is 2. The predicted molar refractivity (Wildman–Crippen MR) is 90.8 cm³/mol. The first kappa shape index (κ1) is 20.0. The lowest BCUT2D eigenvalue weighted by molar-refractivity contribution is -0.138. The Morgan fingerprint density at radius 3 is 2.63 bits per heavy atom. The van der Waals surface area contributed by atoms with E-state index < -0.39 is 23.6 Å². The van der Waals surface area contributed by atoms with Gasteiger partial charge in [-0.25, -0.2) is 4.98 Å². The molecule has 27 heavy (non-hydrogen) atoms. The third-order valence-electron chi connectivity index (χ3n) is 3.30. The lowest BCUT2D eigenvalue weighted by Gasteiger charge is -2.13. The van der Waals surface area contributed by atoms with Gasteiger partial charge in [-0.05, 0) is 29.8 Å². The van der Waals surface area contributed by atoms with E-state index in [4.69, 9.17) is 4.74 Å². The van der Waals surface area contributed by atoms with E-state index in [1.54, 1.807) is 6.07 Å². The molecule has 2 amide bonds.